The van der Waals surface area contributed by atoms with Crippen LogP contribution in [-0.4, -0.2) is 22.8 Å². The molecule has 0 unspecified atom stereocenters. The monoisotopic (exact) mass is 340 g/mol. The topological polar surface area (TPSA) is 18.5 Å². The highest BCUT2D eigenvalue weighted by atomic mass is 28.4. The molecular formula is C20H40O2Si. The van der Waals surface area contributed by atoms with Crippen molar-refractivity contribution in [3.8, 4) is 0 Å². The van der Waals surface area contributed by atoms with Crippen molar-refractivity contribution in [3.63, 3.8) is 0 Å². The Labute approximate surface area is 146 Å². The van der Waals surface area contributed by atoms with Crippen molar-refractivity contribution in [1.29, 1.82) is 0 Å². The fraction of sp³-hybridized carbons (Fsp3) is 1.00. The van der Waals surface area contributed by atoms with E-state index in [0.717, 1.165) is 23.7 Å². The first-order valence-electron chi connectivity index (χ1n) is 10.0. The Bertz CT molecular complexity index is 306. The van der Waals surface area contributed by atoms with Gasteiger partial charge in [0.1, 0.15) is 0 Å². The van der Waals surface area contributed by atoms with E-state index in [2.05, 4.69) is 27.7 Å². The summed E-state index contributed by atoms with van der Waals surface area (Å²) >= 11 is 0. The van der Waals surface area contributed by atoms with Gasteiger partial charge in [0.2, 0.25) is 0 Å². The van der Waals surface area contributed by atoms with Gasteiger partial charge in [-0.15, -0.1) is 0 Å². The summed E-state index contributed by atoms with van der Waals surface area (Å²) in [4.78, 5) is 0. The van der Waals surface area contributed by atoms with Crippen LogP contribution < -0.4 is 0 Å². The average molecular weight is 341 g/mol. The quantitative estimate of drug-likeness (QED) is 0.539. The Hall–Kier alpha value is 0.137. The van der Waals surface area contributed by atoms with E-state index in [-0.39, 0.29) is 0 Å². The van der Waals surface area contributed by atoms with Gasteiger partial charge in [-0.2, -0.15) is 0 Å². The largest absolute Gasteiger partial charge is 0.397 e. The van der Waals surface area contributed by atoms with Crippen LogP contribution in [0.2, 0.25) is 11.1 Å². The first-order chi connectivity index (χ1) is 10.9. The lowest BCUT2D eigenvalue weighted by molar-refractivity contribution is 0.166. The predicted octanol–water partition coefficient (Wildman–Crippen LogP) is 6.15. The van der Waals surface area contributed by atoms with Crippen molar-refractivity contribution in [2.45, 2.75) is 90.1 Å². The second kappa shape index (κ2) is 8.49. The molecule has 0 aromatic heterocycles. The fourth-order valence-corrected chi connectivity index (χ4v) is 9.90. The van der Waals surface area contributed by atoms with Gasteiger partial charge >= 0.3 is 8.56 Å². The standard InChI is InChI=1S/C20H40O2Si/c1-15(2)17-7-11-19(12-8-17)23(21-5,22-6)20-13-9-18(10-14-20)16(3)4/h15-20H,7-14H2,1-6H3. The summed E-state index contributed by atoms with van der Waals surface area (Å²) in [6.45, 7) is 9.54. The maximum Gasteiger partial charge on any atom is 0.344 e. The van der Waals surface area contributed by atoms with Crippen LogP contribution in [0.15, 0.2) is 0 Å². The van der Waals surface area contributed by atoms with Crippen LogP contribution in [-0.2, 0) is 8.85 Å². The SMILES string of the molecule is CO[Si](OC)(C1CCC(C(C)C)CC1)C1CCC(C(C)C)CC1. The molecular weight excluding hydrogens is 300 g/mol. The lowest BCUT2D eigenvalue weighted by atomic mass is 9.81. The van der Waals surface area contributed by atoms with Gasteiger partial charge in [0.25, 0.3) is 0 Å². The molecule has 0 spiro atoms. The van der Waals surface area contributed by atoms with Crippen molar-refractivity contribution in [3.05, 3.63) is 0 Å². The number of rotatable bonds is 6. The molecule has 0 amide bonds. The summed E-state index contributed by atoms with van der Waals surface area (Å²) in [7, 11) is 1.82. The van der Waals surface area contributed by atoms with E-state index in [4.69, 9.17) is 8.85 Å². The summed E-state index contributed by atoms with van der Waals surface area (Å²) in [5, 5.41) is 0. The molecule has 0 radical (unpaired) electrons. The van der Waals surface area contributed by atoms with E-state index < -0.39 is 8.56 Å². The molecule has 0 atom stereocenters. The lowest BCUT2D eigenvalue weighted by Crippen LogP contribution is -2.51. The molecule has 3 heteroatoms. The van der Waals surface area contributed by atoms with Crippen molar-refractivity contribution in [2.24, 2.45) is 23.7 Å². The van der Waals surface area contributed by atoms with E-state index in [9.17, 15) is 0 Å². The number of hydrogen-bond donors (Lipinski definition) is 0. The van der Waals surface area contributed by atoms with Crippen LogP contribution in [0.1, 0.15) is 79.1 Å². The first kappa shape index (κ1) is 19.5. The molecule has 2 saturated carbocycles. The van der Waals surface area contributed by atoms with Crippen LogP contribution in [0, 0.1) is 23.7 Å². The van der Waals surface area contributed by atoms with Gasteiger partial charge in [0, 0.05) is 25.3 Å². The molecule has 0 aliphatic heterocycles. The summed E-state index contributed by atoms with van der Waals surface area (Å²) in [6.07, 6.45) is 10.9. The van der Waals surface area contributed by atoms with E-state index in [1.165, 1.54) is 51.4 Å². The highest BCUT2D eigenvalue weighted by molar-refractivity contribution is 6.70. The Kier molecular flexibility index (Phi) is 7.18. The minimum absolute atomic E-state index is 0.716. The van der Waals surface area contributed by atoms with E-state index >= 15 is 0 Å². The Morgan fingerprint density at radius 1 is 0.609 bits per heavy atom. The summed E-state index contributed by atoms with van der Waals surface area (Å²) < 4.78 is 12.5. The van der Waals surface area contributed by atoms with Crippen LogP contribution in [0.3, 0.4) is 0 Å². The molecule has 2 rings (SSSR count). The van der Waals surface area contributed by atoms with Crippen LogP contribution in [0.5, 0.6) is 0 Å². The van der Waals surface area contributed by atoms with Crippen molar-refractivity contribution in [2.75, 3.05) is 14.2 Å². The normalized spacial score (nSPS) is 33.4. The lowest BCUT2D eigenvalue weighted by Gasteiger charge is -2.46. The molecule has 0 aromatic rings. The second-order valence-electron chi connectivity index (χ2n) is 8.84. The fourth-order valence-electron chi connectivity index (χ4n) is 5.46. The molecule has 0 heterocycles. The van der Waals surface area contributed by atoms with Gasteiger partial charge in [0.05, 0.1) is 0 Å². The van der Waals surface area contributed by atoms with Crippen LogP contribution in [0.25, 0.3) is 0 Å². The molecule has 0 saturated heterocycles. The minimum Gasteiger partial charge on any atom is -0.397 e. The maximum absolute atomic E-state index is 6.27. The molecule has 0 bridgehead atoms. The van der Waals surface area contributed by atoms with E-state index in [0.29, 0.717) is 11.1 Å². The third-order valence-electron chi connectivity index (χ3n) is 7.21. The van der Waals surface area contributed by atoms with Gasteiger partial charge in [-0.3, -0.25) is 0 Å². The summed E-state index contributed by atoms with van der Waals surface area (Å²) in [5.74, 6) is 3.50. The molecule has 2 nitrogen and oxygen atoms in total. The molecule has 2 aliphatic rings. The zero-order chi connectivity index (χ0) is 17.0. The second-order valence-corrected chi connectivity index (χ2v) is 12.7. The van der Waals surface area contributed by atoms with E-state index in [1.807, 2.05) is 14.2 Å². The zero-order valence-electron chi connectivity index (χ0n) is 16.4. The Morgan fingerprint density at radius 3 is 1.13 bits per heavy atom. The molecule has 2 fully saturated rings. The summed E-state index contributed by atoms with van der Waals surface area (Å²) in [6, 6.07) is 0. The highest BCUT2D eigenvalue weighted by Gasteiger charge is 2.52. The van der Waals surface area contributed by atoms with Crippen molar-refractivity contribution in [1.82, 2.24) is 0 Å². The predicted molar refractivity (Wildman–Crippen MR) is 101 cm³/mol. The van der Waals surface area contributed by atoms with E-state index in [1.54, 1.807) is 0 Å². The van der Waals surface area contributed by atoms with Crippen LogP contribution >= 0.6 is 0 Å². The molecule has 2 aliphatic carbocycles. The average Bonchev–Trinajstić information content (AvgIpc) is 2.57. The highest BCUT2D eigenvalue weighted by Crippen LogP contribution is 2.51. The van der Waals surface area contributed by atoms with Gasteiger partial charge in [-0.25, -0.2) is 0 Å². The Balaban J connectivity index is 2.02. The summed E-state index contributed by atoms with van der Waals surface area (Å²) in [5.41, 5.74) is 1.43. The smallest absolute Gasteiger partial charge is 0.344 e. The van der Waals surface area contributed by atoms with Gasteiger partial charge in [-0.1, -0.05) is 53.4 Å². The maximum atomic E-state index is 6.27. The minimum atomic E-state index is -2.07. The zero-order valence-corrected chi connectivity index (χ0v) is 17.4. The van der Waals surface area contributed by atoms with Crippen molar-refractivity contribution >= 4 is 8.56 Å². The van der Waals surface area contributed by atoms with Gasteiger partial charge in [0.15, 0.2) is 0 Å². The Morgan fingerprint density at radius 2 is 0.913 bits per heavy atom. The molecule has 0 N–H and O–H groups in total. The van der Waals surface area contributed by atoms with Gasteiger partial charge in [-0.05, 0) is 49.4 Å². The third-order valence-corrected chi connectivity index (χ3v) is 11.9. The number of hydrogen-bond acceptors (Lipinski definition) is 2. The van der Waals surface area contributed by atoms with Gasteiger partial charge < -0.3 is 8.85 Å². The molecule has 0 aromatic carbocycles. The van der Waals surface area contributed by atoms with Crippen LogP contribution in [0.4, 0.5) is 0 Å². The first-order valence-corrected chi connectivity index (χ1v) is 12.0. The van der Waals surface area contributed by atoms with Crippen molar-refractivity contribution < 1.29 is 8.85 Å². The third kappa shape index (κ3) is 4.22. The molecule has 136 valence electrons. The molecule has 23 heavy (non-hydrogen) atoms.